The van der Waals surface area contributed by atoms with Gasteiger partial charge >= 0.3 is 0 Å². The van der Waals surface area contributed by atoms with Crippen LogP contribution in [0.3, 0.4) is 0 Å². The maximum atomic E-state index is 13.5. The van der Waals surface area contributed by atoms with Gasteiger partial charge in [0.2, 0.25) is 0 Å². The van der Waals surface area contributed by atoms with Gasteiger partial charge in [0.15, 0.2) is 5.82 Å². The van der Waals surface area contributed by atoms with Crippen LogP contribution in [0.1, 0.15) is 19.5 Å². The highest BCUT2D eigenvalue weighted by Gasteiger charge is 2.13. The Morgan fingerprint density at radius 3 is 2.50 bits per heavy atom. The first-order valence-electron chi connectivity index (χ1n) is 6.31. The van der Waals surface area contributed by atoms with Gasteiger partial charge < -0.3 is 5.32 Å². The summed E-state index contributed by atoms with van der Waals surface area (Å²) in [7, 11) is 0. The molecule has 0 unspecified atom stereocenters. The van der Waals surface area contributed by atoms with Crippen molar-refractivity contribution in [1.29, 1.82) is 0 Å². The quantitative estimate of drug-likeness (QED) is 0.797. The molecule has 0 bridgehead atoms. The first-order chi connectivity index (χ1) is 9.55. The number of halogens is 3. The van der Waals surface area contributed by atoms with Gasteiger partial charge in [-0.05, 0) is 47.5 Å². The smallest absolute Gasteiger partial charge is 0.161 e. The van der Waals surface area contributed by atoms with Crippen LogP contribution >= 0.6 is 31.9 Å². The zero-order valence-electron chi connectivity index (χ0n) is 11.2. The van der Waals surface area contributed by atoms with Gasteiger partial charge in [0.1, 0.15) is 11.6 Å². The molecule has 6 heteroatoms. The zero-order chi connectivity index (χ0) is 14.7. The number of rotatable bonds is 4. The van der Waals surface area contributed by atoms with E-state index in [-0.39, 0.29) is 5.82 Å². The Labute approximate surface area is 134 Å². The molecule has 3 nitrogen and oxygen atoms in total. The Bertz CT molecular complexity index is 612. The van der Waals surface area contributed by atoms with Crippen molar-refractivity contribution >= 4 is 37.7 Å². The Hall–Kier alpha value is -1.01. The van der Waals surface area contributed by atoms with Crippen molar-refractivity contribution < 1.29 is 4.39 Å². The minimum absolute atomic E-state index is 0.316. The highest BCUT2D eigenvalue weighted by atomic mass is 79.9. The van der Waals surface area contributed by atoms with E-state index in [1.165, 1.54) is 12.1 Å². The summed E-state index contributed by atoms with van der Waals surface area (Å²) >= 11 is 6.80. The van der Waals surface area contributed by atoms with Gasteiger partial charge in [0.25, 0.3) is 0 Å². The lowest BCUT2D eigenvalue weighted by Crippen LogP contribution is -2.06. The van der Waals surface area contributed by atoms with E-state index < -0.39 is 0 Å². The number of hydrogen-bond acceptors (Lipinski definition) is 3. The van der Waals surface area contributed by atoms with Gasteiger partial charge in [0.05, 0.1) is 10.2 Å². The van der Waals surface area contributed by atoms with E-state index in [0.29, 0.717) is 15.9 Å². The van der Waals surface area contributed by atoms with Crippen molar-refractivity contribution in [1.82, 2.24) is 9.97 Å². The fourth-order valence-corrected chi connectivity index (χ4v) is 2.89. The highest BCUT2D eigenvalue weighted by molar-refractivity contribution is 9.11. The van der Waals surface area contributed by atoms with Crippen LogP contribution in [0.15, 0.2) is 27.1 Å². The first-order valence-corrected chi connectivity index (χ1v) is 7.90. The predicted octanol–water partition coefficient (Wildman–Crippen LogP) is 4.80. The number of aryl methyl sites for hydroxylation is 1. The van der Waals surface area contributed by atoms with Gasteiger partial charge in [-0.2, -0.15) is 0 Å². The van der Waals surface area contributed by atoms with Gasteiger partial charge in [-0.3, -0.25) is 0 Å². The van der Waals surface area contributed by atoms with Crippen LogP contribution < -0.4 is 5.32 Å². The molecule has 0 aliphatic carbocycles. The minimum Gasteiger partial charge on any atom is -0.369 e. The summed E-state index contributed by atoms with van der Waals surface area (Å²) in [6, 6.07) is 4.65. The molecule has 106 valence electrons. The monoisotopic (exact) mass is 401 g/mol. The van der Waals surface area contributed by atoms with E-state index in [1.807, 2.05) is 19.9 Å². The molecule has 0 amide bonds. The van der Waals surface area contributed by atoms with Crippen molar-refractivity contribution in [3.05, 3.63) is 38.7 Å². The third-order valence-corrected chi connectivity index (χ3v) is 4.01. The van der Waals surface area contributed by atoms with Gasteiger partial charge in [-0.1, -0.05) is 22.9 Å². The molecule has 0 spiro atoms. The van der Waals surface area contributed by atoms with Crippen LogP contribution in [-0.2, 0) is 6.42 Å². The molecular weight excluding hydrogens is 389 g/mol. The fourth-order valence-electron chi connectivity index (χ4n) is 1.82. The second-order valence-corrected chi connectivity index (χ2v) is 5.91. The number of aromatic nitrogens is 2. The van der Waals surface area contributed by atoms with Gasteiger partial charge in [-0.25, -0.2) is 14.4 Å². The number of hydrogen-bond donors (Lipinski definition) is 1. The number of nitrogens with zero attached hydrogens (tertiary/aromatic N) is 2. The Morgan fingerprint density at radius 2 is 1.90 bits per heavy atom. The van der Waals surface area contributed by atoms with Crippen molar-refractivity contribution in [2.75, 3.05) is 11.9 Å². The summed E-state index contributed by atoms with van der Waals surface area (Å²) in [5.41, 5.74) is 1.55. The summed E-state index contributed by atoms with van der Waals surface area (Å²) in [6.45, 7) is 4.78. The maximum absolute atomic E-state index is 13.5. The Balaban J connectivity index is 2.58. The van der Waals surface area contributed by atoms with Crippen molar-refractivity contribution in [2.24, 2.45) is 0 Å². The molecule has 0 radical (unpaired) electrons. The van der Waals surface area contributed by atoms with Crippen LogP contribution in [0.25, 0.3) is 11.4 Å². The van der Waals surface area contributed by atoms with E-state index in [4.69, 9.17) is 0 Å². The number of anilines is 1. The second-order valence-electron chi connectivity index (χ2n) is 4.20. The molecule has 2 aromatic rings. The van der Waals surface area contributed by atoms with Gasteiger partial charge in [-0.15, -0.1) is 0 Å². The molecule has 0 fully saturated rings. The molecule has 1 heterocycles. The lowest BCUT2D eigenvalue weighted by molar-refractivity contribution is 0.627. The first kappa shape index (κ1) is 15.4. The third kappa shape index (κ3) is 3.35. The molecule has 1 aromatic heterocycles. The molecule has 0 aliphatic heterocycles. The number of nitrogens with one attached hydrogen (secondary N) is 1. The predicted molar refractivity (Wildman–Crippen MR) is 86.4 cm³/mol. The lowest BCUT2D eigenvalue weighted by atomic mass is 10.2. The van der Waals surface area contributed by atoms with E-state index in [2.05, 4.69) is 47.1 Å². The van der Waals surface area contributed by atoms with Crippen LogP contribution in [0.5, 0.6) is 0 Å². The van der Waals surface area contributed by atoms with Crippen LogP contribution in [-0.4, -0.2) is 16.5 Å². The average molecular weight is 403 g/mol. The van der Waals surface area contributed by atoms with Crippen molar-refractivity contribution in [2.45, 2.75) is 20.3 Å². The zero-order valence-corrected chi connectivity index (χ0v) is 14.3. The summed E-state index contributed by atoms with van der Waals surface area (Å²) in [5, 5.41) is 3.19. The standard InChI is InChI=1S/C14H14Br2FN3/c1-3-11-12(16)14(18-4-2)20-13(19-11)8-5-9(15)7-10(17)6-8/h5-7H,3-4H2,1-2H3,(H,18,19,20). The molecule has 2 rings (SSSR count). The summed E-state index contributed by atoms with van der Waals surface area (Å²) in [4.78, 5) is 8.97. The summed E-state index contributed by atoms with van der Waals surface area (Å²) in [6.07, 6.45) is 0.769. The molecule has 0 saturated heterocycles. The van der Waals surface area contributed by atoms with E-state index >= 15 is 0 Å². The molecule has 20 heavy (non-hydrogen) atoms. The largest absolute Gasteiger partial charge is 0.369 e. The summed E-state index contributed by atoms with van der Waals surface area (Å²) in [5.74, 6) is 0.930. The lowest BCUT2D eigenvalue weighted by Gasteiger charge is -2.11. The molecule has 0 aliphatic rings. The maximum Gasteiger partial charge on any atom is 0.161 e. The Kier molecular flexibility index (Phi) is 5.10. The van der Waals surface area contributed by atoms with E-state index in [9.17, 15) is 4.39 Å². The molecule has 0 atom stereocenters. The molecule has 1 aromatic carbocycles. The third-order valence-electron chi connectivity index (χ3n) is 2.72. The minimum atomic E-state index is -0.316. The fraction of sp³-hybridized carbons (Fsp3) is 0.286. The van der Waals surface area contributed by atoms with E-state index in [0.717, 1.165) is 29.0 Å². The average Bonchev–Trinajstić information content (AvgIpc) is 2.40. The SMILES string of the molecule is CCNc1nc(-c2cc(F)cc(Br)c2)nc(CC)c1Br. The summed E-state index contributed by atoms with van der Waals surface area (Å²) < 4.78 is 15.0. The normalized spacial score (nSPS) is 10.7. The van der Waals surface area contributed by atoms with Crippen LogP contribution in [0, 0.1) is 5.82 Å². The van der Waals surface area contributed by atoms with Gasteiger partial charge in [0, 0.05) is 16.6 Å². The topological polar surface area (TPSA) is 37.8 Å². The van der Waals surface area contributed by atoms with Crippen molar-refractivity contribution in [3.8, 4) is 11.4 Å². The highest BCUT2D eigenvalue weighted by Crippen LogP contribution is 2.29. The molecule has 0 saturated carbocycles. The Morgan fingerprint density at radius 1 is 1.15 bits per heavy atom. The van der Waals surface area contributed by atoms with Crippen LogP contribution in [0.2, 0.25) is 0 Å². The second kappa shape index (κ2) is 6.63. The number of benzene rings is 1. The molecular formula is C14H14Br2FN3. The molecule has 1 N–H and O–H groups in total. The van der Waals surface area contributed by atoms with E-state index in [1.54, 1.807) is 0 Å². The van der Waals surface area contributed by atoms with Crippen LogP contribution in [0.4, 0.5) is 10.2 Å². The van der Waals surface area contributed by atoms with Crippen molar-refractivity contribution in [3.63, 3.8) is 0 Å².